The Morgan fingerprint density at radius 3 is 2.74 bits per heavy atom. The summed E-state index contributed by atoms with van der Waals surface area (Å²) in [7, 11) is 0. The number of benzene rings is 2. The van der Waals surface area contributed by atoms with Gasteiger partial charge in [-0.3, -0.25) is 4.79 Å². The van der Waals surface area contributed by atoms with Gasteiger partial charge < -0.3 is 10.6 Å². The average molecular weight is 362 g/mol. The van der Waals surface area contributed by atoms with E-state index in [-0.39, 0.29) is 5.56 Å². The van der Waals surface area contributed by atoms with E-state index in [0.717, 1.165) is 30.4 Å². The maximum absolute atomic E-state index is 13.7. The molecule has 5 nitrogen and oxygen atoms in total. The van der Waals surface area contributed by atoms with E-state index < -0.39 is 11.7 Å². The van der Waals surface area contributed by atoms with Crippen molar-refractivity contribution in [2.75, 3.05) is 13.1 Å². The molecule has 0 aliphatic carbocycles. The number of halogens is 1. The molecule has 1 aliphatic heterocycles. The molecule has 1 aliphatic rings. The van der Waals surface area contributed by atoms with Gasteiger partial charge in [0.15, 0.2) is 0 Å². The summed E-state index contributed by atoms with van der Waals surface area (Å²) in [5, 5.41) is 4.96. The van der Waals surface area contributed by atoms with E-state index in [2.05, 4.69) is 35.3 Å². The summed E-state index contributed by atoms with van der Waals surface area (Å²) in [6.07, 6.45) is 7.95. The standard InChI is InChI=1S/C21H19FN4O/c1-2-25-9-3-4-15(12-25)14-5-7-18(8-6-14)26-13-16-10-17(22)11-19(21(23)27)20(16)24-26/h3-11,13H,2,12H2,1H3,(H2,23,27). The van der Waals surface area contributed by atoms with Crippen molar-refractivity contribution >= 4 is 22.4 Å². The predicted octanol–water partition coefficient (Wildman–Crippen LogP) is 3.50. The monoisotopic (exact) mass is 362 g/mol. The van der Waals surface area contributed by atoms with Gasteiger partial charge in [0.25, 0.3) is 5.91 Å². The number of aromatic nitrogens is 2. The van der Waals surface area contributed by atoms with E-state index >= 15 is 0 Å². The van der Waals surface area contributed by atoms with Crippen molar-refractivity contribution in [1.29, 1.82) is 0 Å². The Balaban J connectivity index is 1.68. The van der Waals surface area contributed by atoms with Crippen molar-refractivity contribution < 1.29 is 9.18 Å². The summed E-state index contributed by atoms with van der Waals surface area (Å²) in [5.41, 5.74) is 9.04. The highest BCUT2D eigenvalue weighted by Gasteiger charge is 2.14. The first-order chi connectivity index (χ1) is 13.0. The molecule has 136 valence electrons. The molecule has 0 saturated carbocycles. The van der Waals surface area contributed by atoms with Crippen LogP contribution in [0.3, 0.4) is 0 Å². The number of nitrogens with two attached hydrogens (primary N) is 1. The van der Waals surface area contributed by atoms with Crippen molar-refractivity contribution in [1.82, 2.24) is 14.7 Å². The molecular formula is C21H19FN4O. The highest BCUT2D eigenvalue weighted by Crippen LogP contribution is 2.24. The van der Waals surface area contributed by atoms with Crippen LogP contribution in [0.4, 0.5) is 4.39 Å². The van der Waals surface area contributed by atoms with Gasteiger partial charge in [-0.2, -0.15) is 5.10 Å². The normalized spacial score (nSPS) is 13.9. The fourth-order valence-corrected chi connectivity index (χ4v) is 3.26. The van der Waals surface area contributed by atoms with Crippen molar-refractivity contribution in [3.05, 3.63) is 77.9 Å². The summed E-state index contributed by atoms with van der Waals surface area (Å²) in [5.74, 6) is -1.21. The van der Waals surface area contributed by atoms with Crippen molar-refractivity contribution in [2.24, 2.45) is 5.73 Å². The summed E-state index contributed by atoms with van der Waals surface area (Å²) >= 11 is 0. The van der Waals surface area contributed by atoms with Crippen molar-refractivity contribution in [3.63, 3.8) is 0 Å². The van der Waals surface area contributed by atoms with Gasteiger partial charge >= 0.3 is 0 Å². The minimum absolute atomic E-state index is 0.0826. The van der Waals surface area contributed by atoms with Gasteiger partial charge in [0.1, 0.15) is 11.3 Å². The lowest BCUT2D eigenvalue weighted by molar-refractivity contribution is 0.100. The van der Waals surface area contributed by atoms with Crippen LogP contribution in [0.2, 0.25) is 0 Å². The molecule has 1 amide bonds. The predicted molar refractivity (Wildman–Crippen MR) is 104 cm³/mol. The average Bonchev–Trinajstić information content (AvgIpc) is 3.11. The topological polar surface area (TPSA) is 64.2 Å². The number of allylic oxidation sites excluding steroid dienone is 2. The molecule has 6 heteroatoms. The molecule has 4 rings (SSSR count). The molecule has 2 N–H and O–H groups in total. The van der Waals surface area contributed by atoms with Crippen LogP contribution in [0.5, 0.6) is 0 Å². The van der Waals surface area contributed by atoms with E-state index in [0.29, 0.717) is 10.9 Å². The summed E-state index contributed by atoms with van der Waals surface area (Å²) in [4.78, 5) is 13.8. The fraction of sp³-hybridized carbons (Fsp3) is 0.143. The van der Waals surface area contributed by atoms with Gasteiger partial charge in [0.2, 0.25) is 0 Å². The molecule has 2 aromatic carbocycles. The first kappa shape index (κ1) is 17.0. The minimum Gasteiger partial charge on any atom is -0.373 e. The van der Waals surface area contributed by atoms with Crippen LogP contribution in [0.25, 0.3) is 22.2 Å². The third kappa shape index (κ3) is 3.21. The Labute approximate surface area is 156 Å². The van der Waals surface area contributed by atoms with Gasteiger partial charge in [0, 0.05) is 24.7 Å². The second-order valence-corrected chi connectivity index (χ2v) is 6.47. The highest BCUT2D eigenvalue weighted by molar-refractivity contribution is 6.04. The molecule has 3 aromatic rings. The Hall–Kier alpha value is -3.41. The zero-order valence-electron chi connectivity index (χ0n) is 14.9. The van der Waals surface area contributed by atoms with Crippen LogP contribution in [0.1, 0.15) is 22.8 Å². The number of primary amides is 1. The molecule has 0 unspecified atom stereocenters. The number of rotatable bonds is 4. The maximum Gasteiger partial charge on any atom is 0.251 e. The number of carbonyl (C=O) groups is 1. The van der Waals surface area contributed by atoms with E-state index in [1.54, 1.807) is 10.9 Å². The Bertz CT molecular complexity index is 1080. The van der Waals surface area contributed by atoms with Crippen LogP contribution in [0, 0.1) is 5.82 Å². The number of hydrogen-bond donors (Lipinski definition) is 1. The highest BCUT2D eigenvalue weighted by atomic mass is 19.1. The zero-order valence-corrected chi connectivity index (χ0v) is 14.9. The number of fused-ring (bicyclic) bond motifs is 1. The van der Waals surface area contributed by atoms with E-state index in [4.69, 9.17) is 5.73 Å². The molecule has 0 spiro atoms. The number of carbonyl (C=O) groups excluding carboxylic acids is 1. The summed E-state index contributed by atoms with van der Waals surface area (Å²) < 4.78 is 15.4. The Morgan fingerprint density at radius 1 is 1.26 bits per heavy atom. The molecule has 2 heterocycles. The number of hydrogen-bond acceptors (Lipinski definition) is 3. The number of nitrogens with zero attached hydrogens (tertiary/aromatic N) is 3. The SMILES string of the molecule is CCN1C=CC=C(c2ccc(-n3cc4cc(F)cc(C(N)=O)c4n3)cc2)C1. The van der Waals surface area contributed by atoms with Crippen molar-refractivity contribution in [3.8, 4) is 5.69 Å². The van der Waals surface area contributed by atoms with Crippen molar-refractivity contribution in [2.45, 2.75) is 6.92 Å². The lowest BCUT2D eigenvalue weighted by Crippen LogP contribution is -2.20. The van der Waals surface area contributed by atoms with Gasteiger partial charge in [-0.25, -0.2) is 9.07 Å². The lowest BCUT2D eigenvalue weighted by Gasteiger charge is -2.23. The van der Waals surface area contributed by atoms with Gasteiger partial charge in [0.05, 0.1) is 11.3 Å². The second kappa shape index (κ2) is 6.72. The third-order valence-corrected chi connectivity index (χ3v) is 4.72. The number of likely N-dealkylation sites (N-methyl/N-ethyl adjacent to an activating group) is 1. The minimum atomic E-state index is -0.696. The summed E-state index contributed by atoms with van der Waals surface area (Å²) in [6.45, 7) is 3.96. The van der Waals surface area contributed by atoms with Crippen LogP contribution >= 0.6 is 0 Å². The molecule has 0 radical (unpaired) electrons. The molecule has 0 saturated heterocycles. The van der Waals surface area contributed by atoms with E-state index in [9.17, 15) is 9.18 Å². The molecule has 1 aromatic heterocycles. The number of amides is 1. The van der Waals surface area contributed by atoms with Crippen LogP contribution in [0.15, 0.2) is 60.9 Å². The fourth-order valence-electron chi connectivity index (χ4n) is 3.26. The first-order valence-corrected chi connectivity index (χ1v) is 8.76. The maximum atomic E-state index is 13.7. The van der Waals surface area contributed by atoms with E-state index in [1.165, 1.54) is 11.6 Å². The van der Waals surface area contributed by atoms with Gasteiger partial charge in [-0.15, -0.1) is 0 Å². The van der Waals surface area contributed by atoms with Crippen LogP contribution in [-0.2, 0) is 0 Å². The molecule has 0 atom stereocenters. The molecule has 0 fully saturated rings. The Kier molecular flexibility index (Phi) is 4.24. The van der Waals surface area contributed by atoms with Crippen LogP contribution < -0.4 is 5.73 Å². The van der Waals surface area contributed by atoms with Crippen LogP contribution in [-0.4, -0.2) is 33.7 Å². The second-order valence-electron chi connectivity index (χ2n) is 6.47. The quantitative estimate of drug-likeness (QED) is 0.773. The third-order valence-electron chi connectivity index (χ3n) is 4.72. The van der Waals surface area contributed by atoms with E-state index in [1.807, 2.05) is 24.3 Å². The summed E-state index contributed by atoms with van der Waals surface area (Å²) in [6, 6.07) is 10.5. The first-order valence-electron chi connectivity index (χ1n) is 8.76. The van der Waals surface area contributed by atoms with Gasteiger partial charge in [-0.1, -0.05) is 18.2 Å². The lowest BCUT2D eigenvalue weighted by atomic mass is 10.0. The largest absolute Gasteiger partial charge is 0.373 e. The molecular weight excluding hydrogens is 343 g/mol. The smallest absolute Gasteiger partial charge is 0.251 e. The molecule has 27 heavy (non-hydrogen) atoms. The zero-order chi connectivity index (χ0) is 19.0. The Morgan fingerprint density at radius 2 is 2.04 bits per heavy atom. The molecule has 0 bridgehead atoms. The van der Waals surface area contributed by atoms with Gasteiger partial charge in [-0.05, 0) is 54.6 Å².